The quantitative estimate of drug-likeness (QED) is 0.330. The van der Waals surface area contributed by atoms with Crippen molar-refractivity contribution in [3.8, 4) is 0 Å². The highest BCUT2D eigenvalue weighted by Crippen LogP contribution is 2.18. The van der Waals surface area contributed by atoms with Crippen LogP contribution in [0.3, 0.4) is 0 Å². The van der Waals surface area contributed by atoms with Crippen LogP contribution in [0.5, 0.6) is 0 Å². The predicted octanol–water partition coefficient (Wildman–Crippen LogP) is 2.89. The lowest BCUT2D eigenvalue weighted by molar-refractivity contribution is 0.181. The highest BCUT2D eigenvalue weighted by atomic mass is 127. The zero-order valence-corrected chi connectivity index (χ0v) is 15.7. The fourth-order valence-electron chi connectivity index (χ4n) is 2.91. The van der Waals surface area contributed by atoms with Crippen molar-refractivity contribution in [1.29, 1.82) is 0 Å². The second-order valence-electron chi connectivity index (χ2n) is 5.96. The molecule has 1 aliphatic heterocycles. The molecule has 0 aromatic rings. The van der Waals surface area contributed by atoms with Crippen LogP contribution in [0.1, 0.15) is 32.6 Å². The van der Waals surface area contributed by atoms with Crippen LogP contribution in [0.2, 0.25) is 0 Å². The minimum Gasteiger partial charge on any atom is -0.381 e. The number of hydrogen-bond donors (Lipinski definition) is 1. The van der Waals surface area contributed by atoms with Gasteiger partial charge in [0, 0.05) is 39.2 Å². The van der Waals surface area contributed by atoms with Crippen LogP contribution >= 0.6 is 24.0 Å². The van der Waals surface area contributed by atoms with Crippen molar-refractivity contribution in [1.82, 2.24) is 10.2 Å². The summed E-state index contributed by atoms with van der Waals surface area (Å²) in [5.41, 5.74) is 0. The van der Waals surface area contributed by atoms with Gasteiger partial charge in [-0.2, -0.15) is 0 Å². The largest absolute Gasteiger partial charge is 0.381 e. The standard InChI is InChI=1S/C16H29N3O.HI/c1-3-17-16(18-11-14-7-5-4-6-8-14)19(2)12-15-9-10-20-13-15;/h4-5,14-15H,3,6-13H2,1-2H3,(H,17,18);1H. The Bertz CT molecular complexity index is 340. The Labute approximate surface area is 146 Å². The fourth-order valence-corrected chi connectivity index (χ4v) is 2.91. The van der Waals surface area contributed by atoms with Crippen molar-refractivity contribution in [2.75, 3.05) is 39.9 Å². The van der Waals surface area contributed by atoms with Crippen LogP contribution < -0.4 is 5.32 Å². The maximum absolute atomic E-state index is 5.46. The average molecular weight is 407 g/mol. The molecule has 2 atom stereocenters. The molecule has 122 valence electrons. The van der Waals surface area contributed by atoms with Crippen LogP contribution in [-0.4, -0.2) is 50.8 Å². The summed E-state index contributed by atoms with van der Waals surface area (Å²) in [5.74, 6) is 2.42. The molecule has 21 heavy (non-hydrogen) atoms. The minimum absolute atomic E-state index is 0. The number of nitrogens with zero attached hydrogens (tertiary/aromatic N) is 2. The van der Waals surface area contributed by atoms with Gasteiger partial charge in [-0.15, -0.1) is 24.0 Å². The highest BCUT2D eigenvalue weighted by Gasteiger charge is 2.19. The van der Waals surface area contributed by atoms with Crippen LogP contribution in [0.25, 0.3) is 0 Å². The second-order valence-corrected chi connectivity index (χ2v) is 5.96. The molecule has 0 amide bonds. The summed E-state index contributed by atoms with van der Waals surface area (Å²) < 4.78 is 5.46. The molecule has 0 aromatic heterocycles. The Morgan fingerprint density at radius 1 is 1.33 bits per heavy atom. The summed E-state index contributed by atoms with van der Waals surface area (Å²) >= 11 is 0. The summed E-state index contributed by atoms with van der Waals surface area (Å²) in [4.78, 5) is 7.10. The summed E-state index contributed by atoms with van der Waals surface area (Å²) in [6, 6.07) is 0. The Kier molecular flexibility index (Phi) is 9.31. The minimum atomic E-state index is 0. The van der Waals surface area contributed by atoms with E-state index in [0.29, 0.717) is 5.92 Å². The molecule has 0 spiro atoms. The van der Waals surface area contributed by atoms with Gasteiger partial charge in [-0.25, -0.2) is 0 Å². The van der Waals surface area contributed by atoms with Crippen molar-refractivity contribution in [3.05, 3.63) is 12.2 Å². The molecule has 0 bridgehead atoms. The lowest BCUT2D eigenvalue weighted by Crippen LogP contribution is -2.41. The third kappa shape index (κ3) is 6.55. The SMILES string of the molecule is CCNC(=NCC1CC=CCC1)N(C)CC1CCOC1.I. The molecule has 0 saturated carbocycles. The maximum atomic E-state index is 5.46. The maximum Gasteiger partial charge on any atom is 0.193 e. The van der Waals surface area contributed by atoms with Crippen LogP contribution in [0, 0.1) is 11.8 Å². The molecule has 4 nitrogen and oxygen atoms in total. The number of halogens is 1. The first-order chi connectivity index (χ1) is 9.79. The van der Waals surface area contributed by atoms with E-state index in [0.717, 1.165) is 44.7 Å². The van der Waals surface area contributed by atoms with Crippen molar-refractivity contribution >= 4 is 29.9 Å². The zero-order chi connectivity index (χ0) is 14.2. The Morgan fingerprint density at radius 3 is 2.81 bits per heavy atom. The van der Waals surface area contributed by atoms with Crippen molar-refractivity contribution in [3.63, 3.8) is 0 Å². The van der Waals surface area contributed by atoms with E-state index in [2.05, 4.69) is 36.3 Å². The van der Waals surface area contributed by atoms with E-state index in [1.807, 2.05) is 0 Å². The molecule has 5 heteroatoms. The van der Waals surface area contributed by atoms with Gasteiger partial charge < -0.3 is 15.0 Å². The molecule has 1 aliphatic carbocycles. The Morgan fingerprint density at radius 2 is 2.19 bits per heavy atom. The second kappa shape index (κ2) is 10.4. The molecule has 0 aromatic carbocycles. The number of hydrogen-bond acceptors (Lipinski definition) is 2. The summed E-state index contributed by atoms with van der Waals surface area (Å²) in [6.07, 6.45) is 9.44. The van der Waals surface area contributed by atoms with E-state index in [1.165, 1.54) is 25.7 Å². The first-order valence-corrected chi connectivity index (χ1v) is 8.01. The lowest BCUT2D eigenvalue weighted by Gasteiger charge is -2.25. The number of rotatable bonds is 5. The molecule has 2 aliphatic rings. The zero-order valence-electron chi connectivity index (χ0n) is 13.4. The van der Waals surface area contributed by atoms with E-state index in [1.54, 1.807) is 0 Å². The van der Waals surface area contributed by atoms with Gasteiger partial charge in [0.2, 0.25) is 0 Å². The molecule has 2 unspecified atom stereocenters. The molecular formula is C16H30IN3O. The first kappa shape index (κ1) is 18.7. The third-order valence-electron chi connectivity index (χ3n) is 4.13. The van der Waals surface area contributed by atoms with E-state index in [4.69, 9.17) is 9.73 Å². The van der Waals surface area contributed by atoms with E-state index < -0.39 is 0 Å². The average Bonchev–Trinajstić information content (AvgIpc) is 2.97. The number of ether oxygens (including phenoxy) is 1. The van der Waals surface area contributed by atoms with Gasteiger partial charge >= 0.3 is 0 Å². The Balaban J connectivity index is 0.00000220. The summed E-state index contributed by atoms with van der Waals surface area (Å²) in [7, 11) is 2.14. The van der Waals surface area contributed by atoms with Gasteiger partial charge in [0.1, 0.15) is 0 Å². The summed E-state index contributed by atoms with van der Waals surface area (Å²) in [5, 5.41) is 3.41. The van der Waals surface area contributed by atoms with Crippen molar-refractivity contribution < 1.29 is 4.74 Å². The monoisotopic (exact) mass is 407 g/mol. The Hall–Kier alpha value is -0.300. The van der Waals surface area contributed by atoms with Gasteiger partial charge in [0.25, 0.3) is 0 Å². The topological polar surface area (TPSA) is 36.9 Å². The number of aliphatic imine (C=N–C) groups is 1. The molecule has 1 fully saturated rings. The molecule has 1 N–H and O–H groups in total. The third-order valence-corrected chi connectivity index (χ3v) is 4.13. The number of guanidine groups is 1. The van der Waals surface area contributed by atoms with Crippen LogP contribution in [0.4, 0.5) is 0 Å². The lowest BCUT2D eigenvalue weighted by atomic mass is 9.95. The smallest absolute Gasteiger partial charge is 0.193 e. The van der Waals surface area contributed by atoms with Gasteiger partial charge in [-0.3, -0.25) is 4.99 Å². The molecule has 1 saturated heterocycles. The van der Waals surface area contributed by atoms with E-state index >= 15 is 0 Å². The number of nitrogens with one attached hydrogen (secondary N) is 1. The van der Waals surface area contributed by atoms with Gasteiger partial charge in [0.05, 0.1) is 6.61 Å². The molecular weight excluding hydrogens is 377 g/mol. The molecule has 0 radical (unpaired) electrons. The fraction of sp³-hybridized carbons (Fsp3) is 0.812. The summed E-state index contributed by atoms with van der Waals surface area (Å²) in [6.45, 7) is 6.85. The normalized spacial score (nSPS) is 25.5. The molecule has 2 rings (SSSR count). The first-order valence-electron chi connectivity index (χ1n) is 8.01. The van der Waals surface area contributed by atoms with E-state index in [9.17, 15) is 0 Å². The molecule has 1 heterocycles. The van der Waals surface area contributed by atoms with Crippen molar-refractivity contribution in [2.45, 2.75) is 32.6 Å². The van der Waals surface area contributed by atoms with Gasteiger partial charge in [-0.05, 0) is 38.5 Å². The van der Waals surface area contributed by atoms with Crippen LogP contribution in [-0.2, 0) is 4.74 Å². The highest BCUT2D eigenvalue weighted by molar-refractivity contribution is 14.0. The van der Waals surface area contributed by atoms with E-state index in [-0.39, 0.29) is 24.0 Å². The predicted molar refractivity (Wildman–Crippen MR) is 99.4 cm³/mol. The van der Waals surface area contributed by atoms with Crippen molar-refractivity contribution in [2.24, 2.45) is 16.8 Å². The van der Waals surface area contributed by atoms with Gasteiger partial charge in [0.15, 0.2) is 5.96 Å². The number of allylic oxidation sites excluding steroid dienone is 2. The van der Waals surface area contributed by atoms with Crippen LogP contribution in [0.15, 0.2) is 17.1 Å². The van der Waals surface area contributed by atoms with Gasteiger partial charge in [-0.1, -0.05) is 12.2 Å².